The van der Waals surface area contributed by atoms with Gasteiger partial charge in [0.2, 0.25) is 11.8 Å². The first-order valence-electron chi connectivity index (χ1n) is 15.4. The van der Waals surface area contributed by atoms with Gasteiger partial charge in [-0.3, -0.25) is 9.59 Å². The Morgan fingerprint density at radius 3 is 2.23 bits per heavy atom. The molecule has 5 fully saturated rings. The van der Waals surface area contributed by atoms with E-state index in [1.54, 1.807) is 0 Å². The molecule has 2 N–H and O–H groups in total. The quantitative estimate of drug-likeness (QED) is 0.335. The van der Waals surface area contributed by atoms with E-state index in [0.29, 0.717) is 18.9 Å². The van der Waals surface area contributed by atoms with Crippen molar-refractivity contribution in [3.05, 3.63) is 71.4 Å². The Morgan fingerprint density at radius 1 is 0.925 bits per heavy atom. The Hall–Kier alpha value is -3.08. The lowest BCUT2D eigenvalue weighted by atomic mass is 9.53. The number of carbonyl (C=O) groups is 2. The number of fused-ring (bicyclic) bond motifs is 1. The molecule has 0 aliphatic heterocycles. The van der Waals surface area contributed by atoms with Gasteiger partial charge in [0.1, 0.15) is 0 Å². The van der Waals surface area contributed by atoms with E-state index in [-0.39, 0.29) is 35.2 Å². The molecule has 5 nitrogen and oxygen atoms in total. The molecule has 40 heavy (non-hydrogen) atoms. The number of benzene rings is 2. The van der Waals surface area contributed by atoms with Crippen LogP contribution in [0.2, 0.25) is 0 Å². The molecule has 8 rings (SSSR count). The minimum atomic E-state index is -0.0380. The zero-order valence-corrected chi connectivity index (χ0v) is 24.2. The topological polar surface area (TPSA) is 65.2 Å². The van der Waals surface area contributed by atoms with E-state index in [0.717, 1.165) is 48.1 Å². The summed E-state index contributed by atoms with van der Waals surface area (Å²) in [5.41, 5.74) is 4.78. The largest absolute Gasteiger partial charge is 0.358 e. The van der Waals surface area contributed by atoms with Gasteiger partial charge in [-0.25, -0.2) is 0 Å². The Labute approximate surface area is 238 Å². The van der Waals surface area contributed by atoms with Gasteiger partial charge in [-0.1, -0.05) is 62.4 Å². The van der Waals surface area contributed by atoms with Crippen molar-refractivity contribution >= 4 is 22.7 Å². The van der Waals surface area contributed by atoms with E-state index in [9.17, 15) is 9.59 Å². The van der Waals surface area contributed by atoms with Crippen molar-refractivity contribution in [3.8, 4) is 0 Å². The van der Waals surface area contributed by atoms with Crippen molar-refractivity contribution in [3.63, 3.8) is 0 Å². The number of nitrogens with one attached hydrogen (secondary N) is 2. The lowest BCUT2D eigenvalue weighted by Crippen LogP contribution is -2.61. The highest BCUT2D eigenvalue weighted by molar-refractivity contribution is 5.88. The smallest absolute Gasteiger partial charge is 0.240 e. The van der Waals surface area contributed by atoms with Crippen molar-refractivity contribution in [1.29, 1.82) is 0 Å². The van der Waals surface area contributed by atoms with Crippen LogP contribution in [0.25, 0.3) is 10.9 Å². The maximum atomic E-state index is 14.0. The number of hydrogen-bond donors (Lipinski definition) is 2. The van der Waals surface area contributed by atoms with Gasteiger partial charge >= 0.3 is 0 Å². The third-order valence-electron chi connectivity index (χ3n) is 11.0. The van der Waals surface area contributed by atoms with Gasteiger partial charge in [0.25, 0.3) is 0 Å². The predicted octanol–water partition coefficient (Wildman–Crippen LogP) is 6.72. The summed E-state index contributed by atoms with van der Waals surface area (Å²) >= 11 is 0. The molecule has 5 heteroatoms. The highest BCUT2D eigenvalue weighted by Crippen LogP contribution is 2.67. The second-order valence-corrected chi connectivity index (χ2v) is 14.3. The molecule has 0 radical (unpaired) electrons. The van der Waals surface area contributed by atoms with Crippen LogP contribution in [-0.4, -0.2) is 33.8 Å². The summed E-state index contributed by atoms with van der Waals surface area (Å²) in [5, 5.41) is 4.77. The molecule has 0 spiro atoms. The monoisotopic (exact) mass is 537 g/mol. The van der Waals surface area contributed by atoms with E-state index in [1.807, 2.05) is 23.1 Å². The summed E-state index contributed by atoms with van der Waals surface area (Å²) in [5.74, 6) is 3.00. The van der Waals surface area contributed by atoms with Gasteiger partial charge in [0.05, 0.1) is 6.54 Å². The third-order valence-corrected chi connectivity index (χ3v) is 11.0. The van der Waals surface area contributed by atoms with Crippen LogP contribution in [0.5, 0.6) is 0 Å². The number of aryl methyl sites for hydroxylation is 1. The Bertz CT molecular complexity index is 1400. The fraction of sp³-hybridized carbons (Fsp3) is 0.543. The van der Waals surface area contributed by atoms with Crippen LogP contribution >= 0.6 is 0 Å². The van der Waals surface area contributed by atoms with Gasteiger partial charge in [-0.15, -0.1) is 0 Å². The number of rotatable bonds is 8. The first-order valence-corrected chi connectivity index (χ1v) is 15.4. The normalized spacial score (nSPS) is 31.3. The zero-order valence-electron chi connectivity index (χ0n) is 24.2. The van der Waals surface area contributed by atoms with Gasteiger partial charge in [-0.05, 0) is 97.6 Å². The Balaban J connectivity index is 1.09. The van der Waals surface area contributed by atoms with Crippen LogP contribution in [0.15, 0.2) is 54.6 Å². The van der Waals surface area contributed by atoms with Crippen molar-refractivity contribution in [2.45, 2.75) is 83.7 Å². The zero-order chi connectivity index (χ0) is 27.6. The van der Waals surface area contributed by atoms with E-state index in [1.165, 1.54) is 35.9 Å². The summed E-state index contributed by atoms with van der Waals surface area (Å²) < 4.78 is 0. The van der Waals surface area contributed by atoms with E-state index >= 15 is 0 Å². The molecular formula is C35H43N3O2. The first-order chi connectivity index (χ1) is 19.2. The van der Waals surface area contributed by atoms with Crippen LogP contribution in [0, 0.1) is 36.0 Å². The van der Waals surface area contributed by atoms with Crippen LogP contribution in [0.3, 0.4) is 0 Å². The van der Waals surface area contributed by atoms with Gasteiger partial charge in [0, 0.05) is 35.1 Å². The standard InChI is InChI=1S/C35H43N3O2/c1-22-32(27-11-7-8-12-29(27)36-22)33-28(34(33,2)3)16-31(40)38(20-23-9-5-4-6-10-23)21-30(39)37-35-17-24-13-25(18-35)15-26(14-24)19-35/h4-12,24-26,28,33,36H,13-21H2,1-3H3,(H,37,39). The summed E-state index contributed by atoms with van der Waals surface area (Å²) in [6, 6.07) is 18.6. The molecule has 3 aromatic rings. The van der Waals surface area contributed by atoms with Gasteiger partial charge in [0.15, 0.2) is 0 Å². The number of nitrogens with zero attached hydrogens (tertiary/aromatic N) is 1. The van der Waals surface area contributed by atoms with Gasteiger partial charge in [-0.2, -0.15) is 0 Å². The SMILES string of the molecule is Cc1[nH]c2ccccc2c1C1C(CC(=O)N(CC(=O)NC23CC4CC(CC(C4)C2)C3)Cc2ccccc2)C1(C)C. The molecule has 2 unspecified atom stereocenters. The van der Waals surface area contributed by atoms with Crippen molar-refractivity contribution < 1.29 is 9.59 Å². The van der Waals surface area contributed by atoms with Crippen molar-refractivity contribution in [2.24, 2.45) is 29.1 Å². The number of H-pyrrole nitrogens is 1. The maximum Gasteiger partial charge on any atom is 0.240 e. The fourth-order valence-electron chi connectivity index (χ4n) is 9.52. The van der Waals surface area contributed by atoms with E-state index in [2.05, 4.69) is 67.5 Å². The van der Waals surface area contributed by atoms with Crippen molar-refractivity contribution in [2.75, 3.05) is 6.54 Å². The average molecular weight is 538 g/mol. The number of aromatic amines is 1. The predicted molar refractivity (Wildman–Crippen MR) is 159 cm³/mol. The second-order valence-electron chi connectivity index (χ2n) is 14.3. The minimum Gasteiger partial charge on any atom is -0.358 e. The lowest BCUT2D eigenvalue weighted by Gasteiger charge is -2.57. The average Bonchev–Trinajstić information content (AvgIpc) is 3.24. The molecule has 1 heterocycles. The molecule has 210 valence electrons. The van der Waals surface area contributed by atoms with E-state index in [4.69, 9.17) is 0 Å². The molecule has 5 saturated carbocycles. The summed E-state index contributed by atoms with van der Waals surface area (Å²) in [7, 11) is 0. The molecule has 2 atom stereocenters. The van der Waals surface area contributed by atoms with Crippen LogP contribution in [0.1, 0.15) is 81.5 Å². The maximum absolute atomic E-state index is 14.0. The molecule has 4 bridgehead atoms. The number of hydrogen-bond acceptors (Lipinski definition) is 2. The second kappa shape index (κ2) is 9.49. The number of aromatic nitrogens is 1. The summed E-state index contributed by atoms with van der Waals surface area (Å²) in [4.78, 5) is 33.0. The molecular weight excluding hydrogens is 494 g/mol. The van der Waals surface area contributed by atoms with Crippen LogP contribution in [0.4, 0.5) is 0 Å². The molecule has 0 saturated heterocycles. The van der Waals surface area contributed by atoms with Crippen molar-refractivity contribution in [1.82, 2.24) is 15.2 Å². The molecule has 1 aromatic heterocycles. The lowest BCUT2D eigenvalue weighted by molar-refractivity contribution is -0.139. The minimum absolute atomic E-state index is 0.0188. The summed E-state index contributed by atoms with van der Waals surface area (Å²) in [6.07, 6.45) is 7.89. The molecule has 5 aliphatic rings. The molecule has 5 aliphatic carbocycles. The highest BCUT2D eigenvalue weighted by Gasteiger charge is 2.60. The van der Waals surface area contributed by atoms with Crippen LogP contribution < -0.4 is 5.32 Å². The third kappa shape index (κ3) is 4.55. The molecule has 2 amide bonds. The molecule has 2 aromatic carbocycles. The van der Waals surface area contributed by atoms with Gasteiger partial charge < -0.3 is 15.2 Å². The highest BCUT2D eigenvalue weighted by atomic mass is 16.2. The first kappa shape index (κ1) is 25.9. The van der Waals surface area contributed by atoms with Crippen LogP contribution in [-0.2, 0) is 16.1 Å². The number of para-hydroxylation sites is 1. The number of carbonyl (C=O) groups excluding carboxylic acids is 2. The Morgan fingerprint density at radius 2 is 1.55 bits per heavy atom. The number of amides is 2. The van der Waals surface area contributed by atoms with E-state index < -0.39 is 0 Å². The Kier molecular flexibility index (Phi) is 6.14. The summed E-state index contributed by atoms with van der Waals surface area (Å²) in [6.45, 7) is 7.34. The fourth-order valence-corrected chi connectivity index (χ4v) is 9.52.